The first kappa shape index (κ1) is 21.2. The Balaban J connectivity index is 1.58. The van der Waals surface area contributed by atoms with Gasteiger partial charge in [0.25, 0.3) is 0 Å². The molecule has 5 atom stereocenters. The molecule has 29 heavy (non-hydrogen) atoms. The lowest BCUT2D eigenvalue weighted by Crippen LogP contribution is -2.51. The van der Waals surface area contributed by atoms with Crippen LogP contribution in [0.3, 0.4) is 0 Å². The molecule has 1 saturated heterocycles. The molecule has 1 amide bonds. The lowest BCUT2D eigenvalue weighted by Gasteiger charge is -2.27. The number of alkyl carbamates (subject to hydrolysis) is 1. The molecule has 3 rings (SSSR count). The van der Waals surface area contributed by atoms with E-state index >= 15 is 0 Å². The Bertz CT molecular complexity index is 758. The van der Waals surface area contributed by atoms with Gasteiger partial charge >= 0.3 is 6.09 Å². The summed E-state index contributed by atoms with van der Waals surface area (Å²) in [5, 5.41) is 32.3. The summed E-state index contributed by atoms with van der Waals surface area (Å²) in [6.07, 6.45) is -5.47. The van der Waals surface area contributed by atoms with Gasteiger partial charge in [-0.25, -0.2) is 4.79 Å². The smallest absolute Gasteiger partial charge is 0.407 e. The van der Waals surface area contributed by atoms with Crippen molar-refractivity contribution in [2.75, 3.05) is 6.61 Å². The molecule has 8 nitrogen and oxygen atoms in total. The summed E-state index contributed by atoms with van der Waals surface area (Å²) < 4.78 is 16.2. The Morgan fingerprint density at radius 3 is 2.17 bits per heavy atom. The van der Waals surface area contributed by atoms with E-state index in [1.807, 2.05) is 60.7 Å². The van der Waals surface area contributed by atoms with Crippen LogP contribution in [0.5, 0.6) is 0 Å². The van der Waals surface area contributed by atoms with Crippen molar-refractivity contribution < 1.29 is 34.3 Å². The zero-order chi connectivity index (χ0) is 20.6. The SMILES string of the molecule is O=C(NC(CO)[C@H]1OC(O)[C@H](O)[C@H]1OCc1ccccc1)OCc1ccccc1. The molecule has 1 aliphatic heterocycles. The lowest BCUT2D eigenvalue weighted by molar-refractivity contribution is -0.133. The van der Waals surface area contributed by atoms with E-state index in [2.05, 4.69) is 5.32 Å². The van der Waals surface area contributed by atoms with Crippen molar-refractivity contribution in [2.45, 2.75) is 43.9 Å². The summed E-state index contributed by atoms with van der Waals surface area (Å²) in [7, 11) is 0. The van der Waals surface area contributed by atoms with Crippen LogP contribution in [0.1, 0.15) is 11.1 Å². The molecule has 0 aliphatic carbocycles. The van der Waals surface area contributed by atoms with Gasteiger partial charge in [-0.3, -0.25) is 0 Å². The van der Waals surface area contributed by atoms with Crippen LogP contribution in [0.4, 0.5) is 4.79 Å². The monoisotopic (exact) mass is 403 g/mol. The summed E-state index contributed by atoms with van der Waals surface area (Å²) >= 11 is 0. The molecule has 0 spiro atoms. The van der Waals surface area contributed by atoms with Gasteiger partial charge < -0.3 is 34.8 Å². The quantitative estimate of drug-likeness (QED) is 0.518. The fourth-order valence-electron chi connectivity index (χ4n) is 3.11. The minimum atomic E-state index is -1.49. The summed E-state index contributed by atoms with van der Waals surface area (Å²) in [5.41, 5.74) is 1.69. The third-order valence-corrected chi connectivity index (χ3v) is 4.64. The second-order valence-corrected chi connectivity index (χ2v) is 6.74. The molecule has 0 aromatic heterocycles. The molecule has 4 N–H and O–H groups in total. The van der Waals surface area contributed by atoms with Gasteiger partial charge in [0.2, 0.25) is 0 Å². The van der Waals surface area contributed by atoms with Gasteiger partial charge in [-0.1, -0.05) is 60.7 Å². The number of hydrogen-bond acceptors (Lipinski definition) is 7. The highest BCUT2D eigenvalue weighted by molar-refractivity contribution is 5.67. The number of aliphatic hydroxyl groups excluding tert-OH is 3. The maximum Gasteiger partial charge on any atom is 0.407 e. The van der Waals surface area contributed by atoms with Crippen molar-refractivity contribution >= 4 is 6.09 Å². The van der Waals surface area contributed by atoms with Gasteiger partial charge in [0.15, 0.2) is 6.29 Å². The highest BCUT2D eigenvalue weighted by atomic mass is 16.7. The first-order valence-corrected chi connectivity index (χ1v) is 9.33. The molecule has 2 unspecified atom stereocenters. The Kier molecular flexibility index (Phi) is 7.56. The van der Waals surface area contributed by atoms with Crippen molar-refractivity contribution in [3.8, 4) is 0 Å². The fraction of sp³-hybridized carbons (Fsp3) is 0.381. The normalized spacial score (nSPS) is 24.8. The topological polar surface area (TPSA) is 117 Å². The van der Waals surface area contributed by atoms with Crippen molar-refractivity contribution in [1.29, 1.82) is 0 Å². The molecule has 156 valence electrons. The van der Waals surface area contributed by atoms with Crippen LogP contribution in [-0.2, 0) is 27.4 Å². The number of hydrogen-bond donors (Lipinski definition) is 4. The summed E-state index contributed by atoms with van der Waals surface area (Å²) in [6, 6.07) is 17.5. The third-order valence-electron chi connectivity index (χ3n) is 4.64. The number of benzene rings is 2. The maximum atomic E-state index is 12.1. The van der Waals surface area contributed by atoms with Crippen LogP contribution in [0.15, 0.2) is 60.7 Å². The minimum absolute atomic E-state index is 0.0650. The largest absolute Gasteiger partial charge is 0.445 e. The van der Waals surface area contributed by atoms with Crippen LogP contribution in [0, 0.1) is 0 Å². The van der Waals surface area contributed by atoms with Crippen LogP contribution < -0.4 is 5.32 Å². The van der Waals surface area contributed by atoms with E-state index in [9.17, 15) is 20.1 Å². The third kappa shape index (κ3) is 5.75. The van der Waals surface area contributed by atoms with E-state index in [1.165, 1.54) is 0 Å². The molecule has 0 radical (unpaired) electrons. The van der Waals surface area contributed by atoms with Crippen molar-refractivity contribution in [3.63, 3.8) is 0 Å². The van der Waals surface area contributed by atoms with E-state index in [0.717, 1.165) is 11.1 Å². The van der Waals surface area contributed by atoms with E-state index in [0.29, 0.717) is 0 Å². The summed E-state index contributed by atoms with van der Waals surface area (Å²) in [5.74, 6) is 0. The first-order chi connectivity index (χ1) is 14.1. The number of amides is 1. The zero-order valence-corrected chi connectivity index (χ0v) is 15.8. The van der Waals surface area contributed by atoms with Crippen molar-refractivity contribution in [2.24, 2.45) is 0 Å². The minimum Gasteiger partial charge on any atom is -0.445 e. The standard InChI is InChI=1S/C21H25NO7/c23-11-16(22-21(26)28-13-15-9-5-2-6-10-15)18-19(17(24)20(25)29-18)27-12-14-7-3-1-4-8-14/h1-10,16-20,23-25H,11-13H2,(H,22,26)/t16?,17-,18-,19-,20?/m1/s1. The van der Waals surface area contributed by atoms with Crippen molar-refractivity contribution in [3.05, 3.63) is 71.8 Å². The van der Waals surface area contributed by atoms with E-state index < -0.39 is 43.3 Å². The fourth-order valence-corrected chi connectivity index (χ4v) is 3.11. The van der Waals surface area contributed by atoms with Gasteiger partial charge in [-0.05, 0) is 11.1 Å². The predicted molar refractivity (Wildman–Crippen MR) is 103 cm³/mol. The van der Waals surface area contributed by atoms with E-state index in [1.54, 1.807) is 0 Å². The van der Waals surface area contributed by atoms with E-state index in [-0.39, 0.29) is 13.2 Å². The summed E-state index contributed by atoms with van der Waals surface area (Å²) in [6.45, 7) is -0.253. The molecule has 2 aromatic rings. The molecular formula is C21H25NO7. The van der Waals surface area contributed by atoms with Gasteiger partial charge in [0.05, 0.1) is 19.3 Å². The number of carbonyl (C=O) groups excluding carboxylic acids is 1. The number of rotatable bonds is 8. The maximum absolute atomic E-state index is 12.1. The highest BCUT2D eigenvalue weighted by Crippen LogP contribution is 2.26. The molecular weight excluding hydrogens is 378 g/mol. The number of nitrogens with one attached hydrogen (secondary N) is 1. The average Bonchev–Trinajstić information content (AvgIpc) is 3.04. The molecule has 1 aliphatic rings. The van der Waals surface area contributed by atoms with Gasteiger partial charge in [-0.2, -0.15) is 0 Å². The molecule has 8 heteroatoms. The highest BCUT2D eigenvalue weighted by Gasteiger charge is 2.47. The predicted octanol–water partition coefficient (Wildman–Crippen LogP) is 0.937. The summed E-state index contributed by atoms with van der Waals surface area (Å²) in [4.78, 5) is 12.1. The Morgan fingerprint density at radius 1 is 1.00 bits per heavy atom. The molecule has 1 fully saturated rings. The zero-order valence-electron chi connectivity index (χ0n) is 15.8. The van der Waals surface area contributed by atoms with Gasteiger partial charge in [0, 0.05) is 0 Å². The Labute approximate surface area is 168 Å². The van der Waals surface area contributed by atoms with Crippen molar-refractivity contribution in [1.82, 2.24) is 5.32 Å². The molecule has 0 bridgehead atoms. The number of ether oxygens (including phenoxy) is 3. The Morgan fingerprint density at radius 2 is 1.59 bits per heavy atom. The molecule has 0 saturated carbocycles. The van der Waals surface area contributed by atoms with Crippen LogP contribution >= 0.6 is 0 Å². The van der Waals surface area contributed by atoms with Crippen LogP contribution in [-0.4, -0.2) is 58.7 Å². The molecule has 2 aromatic carbocycles. The molecule has 1 heterocycles. The van der Waals surface area contributed by atoms with Crippen LogP contribution in [0.25, 0.3) is 0 Å². The Hall–Kier alpha value is -2.49. The second-order valence-electron chi connectivity index (χ2n) is 6.74. The number of aliphatic hydroxyl groups is 3. The lowest BCUT2D eigenvalue weighted by atomic mass is 10.0. The van der Waals surface area contributed by atoms with Gasteiger partial charge in [-0.15, -0.1) is 0 Å². The first-order valence-electron chi connectivity index (χ1n) is 9.33. The van der Waals surface area contributed by atoms with Gasteiger partial charge in [0.1, 0.15) is 24.9 Å². The van der Waals surface area contributed by atoms with Crippen LogP contribution in [0.2, 0.25) is 0 Å². The second kappa shape index (κ2) is 10.3. The van der Waals surface area contributed by atoms with E-state index in [4.69, 9.17) is 14.2 Å². The number of carbonyl (C=O) groups is 1. The average molecular weight is 403 g/mol.